The molecule has 0 bridgehead atoms. The fraction of sp³-hybridized carbons (Fsp3) is 0.556. The van der Waals surface area contributed by atoms with Crippen LogP contribution in [0, 0.1) is 19.7 Å². The van der Waals surface area contributed by atoms with Gasteiger partial charge in [0.1, 0.15) is 0 Å². The van der Waals surface area contributed by atoms with Gasteiger partial charge in [0.05, 0.1) is 58.3 Å². The zero-order valence-electron chi connectivity index (χ0n) is 20.7. The summed E-state index contributed by atoms with van der Waals surface area (Å²) in [6.07, 6.45) is 0.593. The van der Waals surface area contributed by atoms with Gasteiger partial charge in [-0.2, -0.15) is 0 Å². The molecule has 0 aliphatic heterocycles. The summed E-state index contributed by atoms with van der Waals surface area (Å²) in [5.41, 5.74) is 0.171. The van der Waals surface area contributed by atoms with E-state index in [0.717, 1.165) is 33.4 Å². The second-order valence-electron chi connectivity index (χ2n) is 9.52. The molecule has 186 valence electrons. The quantitative estimate of drug-likeness (QED) is 0.347. The summed E-state index contributed by atoms with van der Waals surface area (Å²) in [5, 5.41) is 0. The van der Waals surface area contributed by atoms with Gasteiger partial charge in [0.15, 0.2) is 0 Å². The average molecular weight is 490 g/mol. The number of rotatable bonds is 6. The van der Waals surface area contributed by atoms with Gasteiger partial charge < -0.3 is 14.2 Å². The van der Waals surface area contributed by atoms with Crippen LogP contribution in [-0.4, -0.2) is 54.3 Å². The Bertz CT molecular complexity index is 1070. The minimum absolute atomic E-state index is 0.0988. The molecule has 1 aromatic carbocycles. The van der Waals surface area contributed by atoms with Crippen LogP contribution in [0.5, 0.6) is 0 Å². The number of hydrogen-bond donors (Lipinski definition) is 0. The Balaban J connectivity index is 1.91. The molecular formula is C27H27N3O6. The Labute approximate surface area is 210 Å². The number of fused-ring (bicyclic) bond motifs is 6. The molecule has 0 amide bonds. The molecule has 0 fully saturated rings. The molecule has 0 radical (unpaired) electrons. The van der Waals surface area contributed by atoms with Crippen LogP contribution in [0.15, 0.2) is 0 Å². The molecular weight excluding hydrogens is 462 g/mol. The first-order chi connectivity index (χ1) is 17.2. The van der Waals surface area contributed by atoms with Crippen LogP contribution in [0.2, 0.25) is 0 Å². The number of hydrogen-bond acceptors (Lipinski definition) is 6. The molecule has 0 N–H and O–H groups in total. The minimum atomic E-state index is -1.46. The average Bonchev–Trinajstić information content (AvgIpc) is 3.57. The fourth-order valence-electron chi connectivity index (χ4n) is 5.92. The number of nitrogens with zero attached hydrogens (tertiary/aromatic N) is 3. The van der Waals surface area contributed by atoms with Gasteiger partial charge >= 0.3 is 34.5 Å². The molecule has 1 aromatic rings. The minimum Gasteiger partial charge on any atom is -0.460 e. The molecule has 0 aromatic heterocycles. The first kappa shape index (κ1) is 25.2. The standard InChI is InChI=1S/C27H27N3O6/c1-7-34-22(31)25(28-4)10-16-17(11-25)19-13-27(30-6,24(33)36-9-3)15-21(19)20-14-26(29-5,12-18(16)20)23(32)35-8-2/h7-15H2,1-3H3. The van der Waals surface area contributed by atoms with Crippen molar-refractivity contribution in [3.05, 3.63) is 67.6 Å². The van der Waals surface area contributed by atoms with Gasteiger partial charge in [-0.15, -0.1) is 0 Å². The van der Waals surface area contributed by atoms with E-state index in [4.69, 9.17) is 33.9 Å². The lowest BCUT2D eigenvalue weighted by atomic mass is 9.90. The number of carbonyl (C=O) groups is 3. The normalized spacial score (nSPS) is 27.0. The van der Waals surface area contributed by atoms with E-state index in [1.807, 2.05) is 0 Å². The van der Waals surface area contributed by atoms with E-state index in [1.54, 1.807) is 20.8 Å². The van der Waals surface area contributed by atoms with Crippen molar-refractivity contribution in [2.45, 2.75) is 75.9 Å². The van der Waals surface area contributed by atoms with E-state index in [0.29, 0.717) is 0 Å². The van der Waals surface area contributed by atoms with Crippen LogP contribution in [0.4, 0.5) is 0 Å². The first-order valence-electron chi connectivity index (χ1n) is 12.0. The Morgan fingerprint density at radius 3 is 0.889 bits per heavy atom. The van der Waals surface area contributed by atoms with Crippen molar-refractivity contribution in [3.8, 4) is 0 Å². The van der Waals surface area contributed by atoms with Crippen LogP contribution in [0.25, 0.3) is 14.5 Å². The molecule has 0 atom stereocenters. The predicted octanol–water partition coefficient (Wildman–Crippen LogP) is 2.65. The number of esters is 3. The summed E-state index contributed by atoms with van der Waals surface area (Å²) >= 11 is 0. The van der Waals surface area contributed by atoms with Crippen molar-refractivity contribution in [2.75, 3.05) is 19.8 Å². The third-order valence-corrected chi connectivity index (χ3v) is 7.61. The molecule has 0 saturated carbocycles. The lowest BCUT2D eigenvalue weighted by Gasteiger charge is -2.14. The Kier molecular flexibility index (Phi) is 6.27. The maximum atomic E-state index is 12.9. The molecule has 4 rings (SSSR count). The molecule has 9 heteroatoms. The van der Waals surface area contributed by atoms with Crippen LogP contribution < -0.4 is 0 Å². The summed E-state index contributed by atoms with van der Waals surface area (Å²) < 4.78 is 15.8. The summed E-state index contributed by atoms with van der Waals surface area (Å²) in [5.74, 6) is -1.84. The van der Waals surface area contributed by atoms with Crippen LogP contribution in [-0.2, 0) is 67.1 Å². The second-order valence-corrected chi connectivity index (χ2v) is 9.52. The van der Waals surface area contributed by atoms with Crippen LogP contribution in [0.3, 0.4) is 0 Å². The highest BCUT2D eigenvalue weighted by Crippen LogP contribution is 2.51. The van der Waals surface area contributed by atoms with Gasteiger partial charge in [0, 0.05) is 0 Å². The van der Waals surface area contributed by atoms with Crippen LogP contribution in [0.1, 0.15) is 54.2 Å². The van der Waals surface area contributed by atoms with Crippen molar-refractivity contribution in [3.63, 3.8) is 0 Å². The zero-order chi connectivity index (χ0) is 26.3. The second kappa shape index (κ2) is 8.95. The van der Waals surface area contributed by atoms with E-state index in [2.05, 4.69) is 14.5 Å². The molecule has 3 aliphatic carbocycles. The highest BCUT2D eigenvalue weighted by Gasteiger charge is 2.62. The Hall–Kier alpha value is -3.90. The van der Waals surface area contributed by atoms with Gasteiger partial charge in [-0.25, -0.2) is 34.1 Å². The molecule has 3 aliphatic rings. The monoisotopic (exact) mass is 489 g/mol. The van der Waals surface area contributed by atoms with Crippen LogP contribution >= 0.6 is 0 Å². The molecule has 36 heavy (non-hydrogen) atoms. The van der Waals surface area contributed by atoms with Crippen molar-refractivity contribution < 1.29 is 28.6 Å². The van der Waals surface area contributed by atoms with E-state index in [9.17, 15) is 14.4 Å². The Morgan fingerprint density at radius 2 is 0.750 bits per heavy atom. The van der Waals surface area contributed by atoms with Gasteiger partial charge in [-0.3, -0.25) is 14.5 Å². The SMILES string of the molecule is [C-]#[N+]C1(C(=O)OCC)Cc2c3c(c4c(c2C1)CC([N+]#[C-])(C(=O)OCC)C4)CC([N+]#[C-])(C(=O)OCC)C3. The van der Waals surface area contributed by atoms with Gasteiger partial charge in [0.25, 0.3) is 0 Å². The van der Waals surface area contributed by atoms with E-state index in [1.165, 1.54) is 0 Å². The maximum Gasteiger partial charge on any atom is 0.394 e. The topological polar surface area (TPSA) is 92.0 Å². The maximum absolute atomic E-state index is 12.9. The lowest BCUT2D eigenvalue weighted by Crippen LogP contribution is -2.38. The van der Waals surface area contributed by atoms with E-state index in [-0.39, 0.29) is 58.3 Å². The van der Waals surface area contributed by atoms with Crippen molar-refractivity contribution in [2.24, 2.45) is 0 Å². The summed E-state index contributed by atoms with van der Waals surface area (Å²) in [6.45, 7) is 29.1. The molecule has 0 heterocycles. The lowest BCUT2D eigenvalue weighted by molar-refractivity contribution is -0.148. The summed E-state index contributed by atoms with van der Waals surface area (Å²) in [4.78, 5) is 50.0. The highest BCUT2D eigenvalue weighted by molar-refractivity contribution is 5.90. The number of benzene rings is 1. The van der Waals surface area contributed by atoms with E-state index < -0.39 is 34.5 Å². The fourth-order valence-corrected chi connectivity index (χ4v) is 5.92. The third-order valence-electron chi connectivity index (χ3n) is 7.61. The highest BCUT2D eigenvalue weighted by atomic mass is 16.5. The molecule has 0 saturated heterocycles. The van der Waals surface area contributed by atoms with E-state index >= 15 is 0 Å². The van der Waals surface area contributed by atoms with Gasteiger partial charge in [0.2, 0.25) is 0 Å². The largest absolute Gasteiger partial charge is 0.460 e. The first-order valence-corrected chi connectivity index (χ1v) is 12.0. The zero-order valence-corrected chi connectivity index (χ0v) is 20.7. The number of carbonyl (C=O) groups excluding carboxylic acids is 3. The molecule has 0 unspecified atom stereocenters. The summed E-state index contributed by atoms with van der Waals surface area (Å²) in [7, 11) is 0. The number of ether oxygens (including phenoxy) is 3. The molecule has 0 spiro atoms. The summed E-state index contributed by atoms with van der Waals surface area (Å²) in [6, 6.07) is 0. The van der Waals surface area contributed by atoms with Gasteiger partial charge in [-0.05, 0) is 54.2 Å². The smallest absolute Gasteiger partial charge is 0.394 e. The third kappa shape index (κ3) is 3.44. The van der Waals surface area contributed by atoms with Crippen molar-refractivity contribution >= 4 is 17.9 Å². The molecule has 9 nitrogen and oxygen atoms in total. The Morgan fingerprint density at radius 1 is 0.556 bits per heavy atom. The van der Waals surface area contributed by atoms with Crippen molar-refractivity contribution in [1.82, 2.24) is 0 Å². The predicted molar refractivity (Wildman–Crippen MR) is 127 cm³/mol. The van der Waals surface area contributed by atoms with Gasteiger partial charge in [-0.1, -0.05) is 0 Å². The van der Waals surface area contributed by atoms with Crippen molar-refractivity contribution in [1.29, 1.82) is 0 Å².